The summed E-state index contributed by atoms with van der Waals surface area (Å²) in [5, 5.41) is 17.6. The number of hydrogen-bond donors (Lipinski definition) is 4. The summed E-state index contributed by atoms with van der Waals surface area (Å²) in [4.78, 5) is 16.1. The van der Waals surface area contributed by atoms with Crippen LogP contribution in [-0.2, 0) is 21.1 Å². The maximum Gasteiger partial charge on any atom is 0.247 e. The summed E-state index contributed by atoms with van der Waals surface area (Å²) in [5.74, 6) is 0.00985. The van der Waals surface area contributed by atoms with Gasteiger partial charge in [0.2, 0.25) is 5.91 Å². The van der Waals surface area contributed by atoms with Crippen molar-refractivity contribution >= 4 is 44.5 Å². The Kier molecular flexibility index (Phi) is 11.2. The van der Waals surface area contributed by atoms with Crippen molar-refractivity contribution in [1.82, 2.24) is 5.32 Å². The van der Waals surface area contributed by atoms with Gasteiger partial charge in [0, 0.05) is 50.7 Å². The Balaban J connectivity index is 2.26. The third kappa shape index (κ3) is 8.91. The molecule has 0 fully saturated rings. The zero-order valence-electron chi connectivity index (χ0n) is 24.0. The van der Waals surface area contributed by atoms with Gasteiger partial charge in [0.05, 0.1) is 29.9 Å². The van der Waals surface area contributed by atoms with Gasteiger partial charge in [-0.2, -0.15) is 0 Å². The molecule has 0 bridgehead atoms. The van der Waals surface area contributed by atoms with Crippen molar-refractivity contribution in [3.63, 3.8) is 0 Å². The molecule has 11 heteroatoms. The number of likely N-dealkylation sites (N-methyl/N-ethyl adjacent to an activating group) is 1. The van der Waals surface area contributed by atoms with Gasteiger partial charge in [-0.1, -0.05) is 31.7 Å². The van der Waals surface area contributed by atoms with Crippen LogP contribution in [0.25, 0.3) is 0 Å². The molecule has 0 saturated heterocycles. The standard InChI is InChI=1S/C28H42N6O4S/c1-9-21-13-11-12-14-24(21)34(6)20(4)19(3)30-28(29)32-23-17-22(31-27(35)10-2)25(18-26(23)38-7)33(5)15-16-39(8,36)37/h10-14,17-20H,2,9,15-16H2,1,3-8H3,(H,31,35)(H3,29,30,32)/t19-,20?/m1/s1. The van der Waals surface area contributed by atoms with Gasteiger partial charge >= 0.3 is 0 Å². The van der Waals surface area contributed by atoms with E-state index in [1.54, 1.807) is 24.1 Å². The van der Waals surface area contributed by atoms with Crippen LogP contribution in [0.15, 0.2) is 49.1 Å². The van der Waals surface area contributed by atoms with E-state index in [1.807, 2.05) is 26.1 Å². The lowest BCUT2D eigenvalue weighted by Gasteiger charge is -2.34. The molecule has 4 N–H and O–H groups in total. The summed E-state index contributed by atoms with van der Waals surface area (Å²) in [6.45, 7) is 9.97. The molecule has 2 atom stereocenters. The van der Waals surface area contributed by atoms with Gasteiger partial charge in [0.25, 0.3) is 0 Å². The second kappa shape index (κ2) is 13.9. The van der Waals surface area contributed by atoms with Gasteiger partial charge in [-0.15, -0.1) is 0 Å². The van der Waals surface area contributed by atoms with Crippen LogP contribution < -0.4 is 30.5 Å². The number of benzene rings is 2. The second-order valence-corrected chi connectivity index (χ2v) is 11.8. The number of anilines is 4. The lowest BCUT2D eigenvalue weighted by atomic mass is 10.1. The number of guanidine groups is 1. The summed E-state index contributed by atoms with van der Waals surface area (Å²) in [7, 11) is 2.10. The minimum Gasteiger partial charge on any atom is -0.494 e. The van der Waals surface area contributed by atoms with Crippen LogP contribution in [0.3, 0.4) is 0 Å². The fraction of sp³-hybridized carbons (Fsp3) is 0.429. The van der Waals surface area contributed by atoms with E-state index in [2.05, 4.69) is 53.4 Å². The van der Waals surface area contributed by atoms with Crippen molar-refractivity contribution < 1.29 is 17.9 Å². The van der Waals surface area contributed by atoms with Gasteiger partial charge in [-0.3, -0.25) is 10.2 Å². The maximum atomic E-state index is 12.2. The Hall–Kier alpha value is -3.73. The van der Waals surface area contributed by atoms with E-state index >= 15 is 0 Å². The lowest BCUT2D eigenvalue weighted by Crippen LogP contribution is -2.49. The molecule has 0 heterocycles. The lowest BCUT2D eigenvalue weighted by molar-refractivity contribution is -0.111. The molecule has 0 saturated carbocycles. The van der Waals surface area contributed by atoms with Crippen molar-refractivity contribution in [3.05, 3.63) is 54.6 Å². The van der Waals surface area contributed by atoms with Gasteiger partial charge < -0.3 is 30.5 Å². The minimum absolute atomic E-state index is 0.0531. The molecule has 0 aliphatic carbocycles. The zero-order valence-corrected chi connectivity index (χ0v) is 24.8. The van der Waals surface area contributed by atoms with Crippen molar-refractivity contribution in [2.45, 2.75) is 39.3 Å². The molecule has 0 aliphatic heterocycles. The SMILES string of the molecule is C=CC(=O)Nc1cc(NC(=N)N[C@H](C)C(C)N(C)c2ccccc2CC)c(OC)cc1N(C)CCS(C)(=O)=O. The Labute approximate surface area is 232 Å². The Morgan fingerprint density at radius 2 is 1.79 bits per heavy atom. The molecule has 214 valence electrons. The molecular formula is C28H42N6O4S. The zero-order chi connectivity index (χ0) is 29.3. The van der Waals surface area contributed by atoms with Crippen LogP contribution in [0.2, 0.25) is 0 Å². The maximum absolute atomic E-state index is 12.2. The highest BCUT2D eigenvalue weighted by atomic mass is 32.2. The molecule has 2 aromatic carbocycles. The first kappa shape index (κ1) is 31.5. The van der Waals surface area contributed by atoms with E-state index in [4.69, 9.17) is 10.1 Å². The quantitative estimate of drug-likeness (QED) is 0.167. The topological polar surface area (TPSA) is 127 Å². The van der Waals surface area contributed by atoms with Crippen LogP contribution in [0, 0.1) is 5.41 Å². The molecule has 10 nitrogen and oxygen atoms in total. The molecule has 1 amide bonds. The fourth-order valence-corrected chi connectivity index (χ4v) is 4.69. The van der Waals surface area contributed by atoms with E-state index in [0.717, 1.165) is 18.2 Å². The van der Waals surface area contributed by atoms with E-state index in [9.17, 15) is 13.2 Å². The summed E-state index contributed by atoms with van der Waals surface area (Å²) >= 11 is 0. The van der Waals surface area contributed by atoms with E-state index in [-0.39, 0.29) is 30.3 Å². The first-order valence-electron chi connectivity index (χ1n) is 12.8. The largest absolute Gasteiger partial charge is 0.494 e. The highest BCUT2D eigenvalue weighted by molar-refractivity contribution is 7.90. The molecule has 1 unspecified atom stereocenters. The molecular weight excluding hydrogens is 516 g/mol. The number of hydrogen-bond acceptors (Lipinski definition) is 7. The summed E-state index contributed by atoms with van der Waals surface area (Å²) in [6.07, 6.45) is 3.25. The number of aryl methyl sites for hydroxylation is 1. The predicted octanol–water partition coefficient (Wildman–Crippen LogP) is 3.71. The van der Waals surface area contributed by atoms with E-state index < -0.39 is 15.7 Å². The van der Waals surface area contributed by atoms with Crippen molar-refractivity contribution in [2.24, 2.45) is 0 Å². The summed E-state index contributed by atoms with van der Waals surface area (Å²) < 4.78 is 28.9. The Bertz CT molecular complexity index is 1280. The van der Waals surface area contributed by atoms with Crippen LogP contribution >= 0.6 is 0 Å². The van der Waals surface area contributed by atoms with Crippen molar-refractivity contribution in [2.75, 3.05) is 60.2 Å². The van der Waals surface area contributed by atoms with Gasteiger partial charge in [0.15, 0.2) is 5.96 Å². The third-order valence-electron chi connectivity index (χ3n) is 6.69. The van der Waals surface area contributed by atoms with Crippen molar-refractivity contribution in [1.29, 1.82) is 5.41 Å². The molecule has 0 aliphatic rings. The number of nitrogens with one attached hydrogen (secondary N) is 4. The molecule has 2 rings (SSSR count). The summed E-state index contributed by atoms with van der Waals surface area (Å²) in [6, 6.07) is 11.6. The fourth-order valence-electron chi connectivity index (χ4n) is 4.09. The summed E-state index contributed by atoms with van der Waals surface area (Å²) in [5.41, 5.74) is 3.85. The third-order valence-corrected chi connectivity index (χ3v) is 7.61. The normalized spacial score (nSPS) is 12.6. The number of rotatable bonds is 13. The van der Waals surface area contributed by atoms with Crippen LogP contribution in [0.5, 0.6) is 5.75 Å². The highest BCUT2D eigenvalue weighted by Crippen LogP contribution is 2.37. The van der Waals surface area contributed by atoms with E-state index in [0.29, 0.717) is 22.8 Å². The van der Waals surface area contributed by atoms with Gasteiger partial charge in [-0.25, -0.2) is 8.42 Å². The second-order valence-electron chi connectivity index (χ2n) is 9.58. The number of nitrogens with zero attached hydrogens (tertiary/aromatic N) is 2. The highest BCUT2D eigenvalue weighted by Gasteiger charge is 2.21. The number of methoxy groups -OCH3 is 1. The predicted molar refractivity (Wildman–Crippen MR) is 162 cm³/mol. The molecule has 0 aromatic heterocycles. The molecule has 0 spiro atoms. The number of carbonyl (C=O) groups excluding carboxylic acids is 1. The first-order chi connectivity index (χ1) is 18.3. The Morgan fingerprint density at radius 1 is 1.13 bits per heavy atom. The minimum atomic E-state index is -3.18. The average Bonchev–Trinajstić information content (AvgIpc) is 2.90. The molecule has 39 heavy (non-hydrogen) atoms. The van der Waals surface area contributed by atoms with Crippen LogP contribution in [0.1, 0.15) is 26.3 Å². The average molecular weight is 559 g/mol. The first-order valence-corrected chi connectivity index (χ1v) is 14.8. The number of para-hydroxylation sites is 1. The number of carbonyl (C=O) groups is 1. The number of sulfone groups is 1. The monoisotopic (exact) mass is 558 g/mol. The number of amides is 1. The number of ether oxygens (including phenoxy) is 1. The van der Waals surface area contributed by atoms with E-state index in [1.165, 1.54) is 18.9 Å². The molecule has 2 aromatic rings. The van der Waals surface area contributed by atoms with Crippen LogP contribution in [-0.4, -0.2) is 72.1 Å². The van der Waals surface area contributed by atoms with Gasteiger partial charge in [0.1, 0.15) is 15.6 Å². The van der Waals surface area contributed by atoms with Gasteiger partial charge in [-0.05, 0) is 44.0 Å². The molecule has 0 radical (unpaired) electrons. The van der Waals surface area contributed by atoms with Crippen LogP contribution in [0.4, 0.5) is 22.7 Å². The smallest absolute Gasteiger partial charge is 0.247 e. The Morgan fingerprint density at radius 3 is 2.38 bits per heavy atom. The van der Waals surface area contributed by atoms with Crippen molar-refractivity contribution in [3.8, 4) is 5.75 Å².